The first kappa shape index (κ1) is 15.3. The molecule has 1 aromatic rings. The number of nitrogens with one attached hydrogen (secondary N) is 1. The highest BCUT2D eigenvalue weighted by atomic mass is 16.3. The third kappa shape index (κ3) is 3.93. The summed E-state index contributed by atoms with van der Waals surface area (Å²) in [7, 11) is 0. The van der Waals surface area contributed by atoms with E-state index >= 15 is 0 Å². The molecule has 0 radical (unpaired) electrons. The summed E-state index contributed by atoms with van der Waals surface area (Å²) in [4.78, 5) is 27.7. The molecular formula is C14H20N4O3. The van der Waals surface area contributed by atoms with E-state index in [0.717, 1.165) is 6.54 Å². The molecule has 114 valence electrons. The number of phenols is 1. The second kappa shape index (κ2) is 7.05. The number of piperazine rings is 1. The van der Waals surface area contributed by atoms with Crippen LogP contribution in [0.5, 0.6) is 5.75 Å². The number of amides is 2. The SMILES string of the molecule is NCCN1CCN(C(=O)C(=O)Nc2ccccc2O)CC1. The monoisotopic (exact) mass is 292 g/mol. The Morgan fingerprint density at radius 2 is 1.86 bits per heavy atom. The van der Waals surface area contributed by atoms with Gasteiger partial charge in [-0.3, -0.25) is 14.5 Å². The van der Waals surface area contributed by atoms with Gasteiger partial charge in [0.05, 0.1) is 5.69 Å². The van der Waals surface area contributed by atoms with Crippen molar-refractivity contribution in [1.82, 2.24) is 9.80 Å². The maximum atomic E-state index is 12.1. The first-order chi connectivity index (χ1) is 10.1. The molecule has 0 spiro atoms. The minimum atomic E-state index is -0.733. The quantitative estimate of drug-likeness (QED) is 0.512. The second-order valence-electron chi connectivity index (χ2n) is 4.89. The van der Waals surface area contributed by atoms with Crippen molar-refractivity contribution >= 4 is 17.5 Å². The predicted molar refractivity (Wildman–Crippen MR) is 78.8 cm³/mol. The fourth-order valence-electron chi connectivity index (χ4n) is 2.26. The van der Waals surface area contributed by atoms with Crippen molar-refractivity contribution in [1.29, 1.82) is 0 Å². The Kier molecular flexibility index (Phi) is 5.13. The number of nitrogens with zero attached hydrogens (tertiary/aromatic N) is 2. The van der Waals surface area contributed by atoms with E-state index in [9.17, 15) is 14.7 Å². The third-order valence-electron chi connectivity index (χ3n) is 3.45. The van der Waals surface area contributed by atoms with Crippen LogP contribution < -0.4 is 11.1 Å². The van der Waals surface area contributed by atoms with Gasteiger partial charge in [-0.2, -0.15) is 0 Å². The van der Waals surface area contributed by atoms with Crippen LogP contribution in [0.3, 0.4) is 0 Å². The lowest BCUT2D eigenvalue weighted by Crippen LogP contribution is -2.52. The molecule has 1 saturated heterocycles. The van der Waals surface area contributed by atoms with Crippen LogP contribution in [0.25, 0.3) is 0 Å². The molecule has 7 heteroatoms. The molecule has 2 amide bonds. The lowest BCUT2D eigenvalue weighted by molar-refractivity contribution is -0.144. The highest BCUT2D eigenvalue weighted by Gasteiger charge is 2.26. The minimum Gasteiger partial charge on any atom is -0.506 e. The summed E-state index contributed by atoms with van der Waals surface area (Å²) in [6, 6.07) is 6.31. The Labute approximate surface area is 123 Å². The van der Waals surface area contributed by atoms with Crippen molar-refractivity contribution in [2.45, 2.75) is 0 Å². The first-order valence-electron chi connectivity index (χ1n) is 6.92. The summed E-state index contributed by atoms with van der Waals surface area (Å²) in [5, 5.41) is 12.0. The lowest BCUT2D eigenvalue weighted by atomic mass is 10.2. The van der Waals surface area contributed by atoms with Gasteiger partial charge >= 0.3 is 11.8 Å². The smallest absolute Gasteiger partial charge is 0.314 e. The normalized spacial score (nSPS) is 15.8. The number of carbonyl (C=O) groups excluding carboxylic acids is 2. The number of benzene rings is 1. The molecular weight excluding hydrogens is 272 g/mol. The van der Waals surface area contributed by atoms with E-state index in [1.165, 1.54) is 11.0 Å². The van der Waals surface area contributed by atoms with Gasteiger partial charge in [-0.1, -0.05) is 12.1 Å². The summed E-state index contributed by atoms with van der Waals surface area (Å²) in [5.74, 6) is -1.37. The largest absolute Gasteiger partial charge is 0.506 e. The highest BCUT2D eigenvalue weighted by Crippen LogP contribution is 2.21. The van der Waals surface area contributed by atoms with Crippen LogP contribution in [-0.4, -0.2) is 66.0 Å². The van der Waals surface area contributed by atoms with Gasteiger partial charge in [0.2, 0.25) is 0 Å². The summed E-state index contributed by atoms with van der Waals surface area (Å²) in [6.45, 7) is 3.83. The lowest BCUT2D eigenvalue weighted by Gasteiger charge is -2.34. The van der Waals surface area contributed by atoms with E-state index in [0.29, 0.717) is 32.7 Å². The van der Waals surface area contributed by atoms with Gasteiger partial charge in [0.15, 0.2) is 0 Å². The highest BCUT2D eigenvalue weighted by molar-refractivity contribution is 6.39. The number of phenolic OH excluding ortho intramolecular Hbond substituents is 1. The number of aromatic hydroxyl groups is 1. The Bertz CT molecular complexity index is 513. The van der Waals surface area contributed by atoms with Crippen molar-refractivity contribution in [3.05, 3.63) is 24.3 Å². The Morgan fingerprint density at radius 1 is 1.19 bits per heavy atom. The Hall–Kier alpha value is -2.12. The molecule has 0 aliphatic carbocycles. The predicted octanol–water partition coefficient (Wildman–Crippen LogP) is -0.566. The van der Waals surface area contributed by atoms with Crippen molar-refractivity contribution in [2.75, 3.05) is 44.6 Å². The van der Waals surface area contributed by atoms with Gasteiger partial charge in [0.25, 0.3) is 0 Å². The van der Waals surface area contributed by atoms with Crippen molar-refractivity contribution in [2.24, 2.45) is 5.73 Å². The van der Waals surface area contributed by atoms with Crippen LogP contribution >= 0.6 is 0 Å². The van der Waals surface area contributed by atoms with Crippen molar-refractivity contribution in [3.63, 3.8) is 0 Å². The molecule has 1 heterocycles. The molecule has 1 aliphatic heterocycles. The van der Waals surface area contributed by atoms with E-state index in [1.54, 1.807) is 18.2 Å². The van der Waals surface area contributed by atoms with Crippen LogP contribution in [0.15, 0.2) is 24.3 Å². The number of hydrogen-bond acceptors (Lipinski definition) is 5. The molecule has 1 aliphatic rings. The van der Waals surface area contributed by atoms with Crippen molar-refractivity contribution < 1.29 is 14.7 Å². The minimum absolute atomic E-state index is 0.0635. The molecule has 0 unspecified atom stereocenters. The Balaban J connectivity index is 1.89. The van der Waals surface area contributed by atoms with Gasteiger partial charge in [-0.25, -0.2) is 0 Å². The number of rotatable bonds is 3. The fraction of sp³-hybridized carbons (Fsp3) is 0.429. The molecule has 1 fully saturated rings. The topological polar surface area (TPSA) is 98.9 Å². The fourth-order valence-corrected chi connectivity index (χ4v) is 2.26. The second-order valence-corrected chi connectivity index (χ2v) is 4.89. The summed E-state index contributed by atoms with van der Waals surface area (Å²) >= 11 is 0. The van der Waals surface area contributed by atoms with Gasteiger partial charge in [0, 0.05) is 39.3 Å². The zero-order valence-electron chi connectivity index (χ0n) is 11.8. The number of nitrogens with two attached hydrogens (primary N) is 1. The van der Waals surface area contributed by atoms with E-state index in [4.69, 9.17) is 5.73 Å². The van der Waals surface area contributed by atoms with Crippen LogP contribution in [0.1, 0.15) is 0 Å². The van der Waals surface area contributed by atoms with E-state index < -0.39 is 11.8 Å². The zero-order valence-corrected chi connectivity index (χ0v) is 11.8. The zero-order chi connectivity index (χ0) is 15.2. The van der Waals surface area contributed by atoms with Crippen LogP contribution in [0.4, 0.5) is 5.69 Å². The molecule has 0 saturated carbocycles. The average Bonchev–Trinajstić information content (AvgIpc) is 2.50. The van der Waals surface area contributed by atoms with Gasteiger partial charge < -0.3 is 21.1 Å². The summed E-state index contributed by atoms with van der Waals surface area (Å²) in [6.07, 6.45) is 0. The number of anilines is 1. The van der Waals surface area contributed by atoms with Gasteiger partial charge in [-0.15, -0.1) is 0 Å². The summed E-state index contributed by atoms with van der Waals surface area (Å²) < 4.78 is 0. The number of carbonyl (C=O) groups is 2. The van der Waals surface area contributed by atoms with E-state index in [-0.39, 0.29) is 11.4 Å². The molecule has 0 bridgehead atoms. The Morgan fingerprint density at radius 3 is 2.48 bits per heavy atom. The maximum absolute atomic E-state index is 12.1. The van der Waals surface area contributed by atoms with Gasteiger partial charge in [-0.05, 0) is 12.1 Å². The molecule has 21 heavy (non-hydrogen) atoms. The summed E-state index contributed by atoms with van der Waals surface area (Å²) in [5.41, 5.74) is 5.73. The first-order valence-corrected chi connectivity index (χ1v) is 6.92. The van der Waals surface area contributed by atoms with Crippen molar-refractivity contribution in [3.8, 4) is 5.75 Å². The standard InChI is InChI=1S/C14H20N4O3/c15-5-6-17-7-9-18(10-8-17)14(21)13(20)16-11-3-1-2-4-12(11)19/h1-4,19H,5-10,15H2,(H,16,20). The molecule has 0 aromatic heterocycles. The third-order valence-corrected chi connectivity index (χ3v) is 3.45. The molecule has 2 rings (SSSR count). The molecule has 7 nitrogen and oxygen atoms in total. The van der Waals surface area contributed by atoms with Gasteiger partial charge in [0.1, 0.15) is 5.75 Å². The van der Waals surface area contributed by atoms with E-state index in [1.807, 2.05) is 0 Å². The average molecular weight is 292 g/mol. The van der Waals surface area contributed by atoms with Crippen LogP contribution in [0, 0.1) is 0 Å². The van der Waals surface area contributed by atoms with Crippen LogP contribution in [0.2, 0.25) is 0 Å². The number of hydrogen-bond donors (Lipinski definition) is 3. The van der Waals surface area contributed by atoms with Crippen LogP contribution in [-0.2, 0) is 9.59 Å². The maximum Gasteiger partial charge on any atom is 0.314 e. The van der Waals surface area contributed by atoms with E-state index in [2.05, 4.69) is 10.2 Å². The molecule has 4 N–H and O–H groups in total. The molecule has 0 atom stereocenters. The molecule has 1 aromatic carbocycles. The number of para-hydroxylation sites is 2.